The zero-order valence-electron chi connectivity index (χ0n) is 20.3. The lowest BCUT2D eigenvalue weighted by molar-refractivity contribution is -0.120. The summed E-state index contributed by atoms with van der Waals surface area (Å²) in [7, 11) is 1.82. The Morgan fingerprint density at radius 3 is 2.44 bits per heavy atom. The van der Waals surface area contributed by atoms with Crippen LogP contribution in [0.2, 0.25) is 0 Å². The highest BCUT2D eigenvalue weighted by Crippen LogP contribution is 2.31. The average molecular weight is 510 g/mol. The molecule has 1 aliphatic heterocycles. The normalized spacial score (nSPS) is 16.4. The number of anilines is 2. The minimum absolute atomic E-state index is 0.100. The van der Waals surface area contributed by atoms with Gasteiger partial charge in [0.25, 0.3) is 17.7 Å². The van der Waals surface area contributed by atoms with E-state index in [0.29, 0.717) is 11.3 Å². The quantitative estimate of drug-likeness (QED) is 0.429. The van der Waals surface area contributed by atoms with Crippen LogP contribution in [0.5, 0.6) is 0 Å². The van der Waals surface area contributed by atoms with Crippen molar-refractivity contribution < 1.29 is 23.9 Å². The van der Waals surface area contributed by atoms with Crippen LogP contribution in [-0.4, -0.2) is 48.3 Å². The van der Waals surface area contributed by atoms with Gasteiger partial charge in [0.15, 0.2) is 0 Å². The van der Waals surface area contributed by atoms with Crippen molar-refractivity contribution in [1.29, 1.82) is 0 Å². The second-order valence-electron chi connectivity index (χ2n) is 8.82. The number of carbonyl (C=O) groups is 4. The third kappa shape index (κ3) is 5.14. The van der Waals surface area contributed by atoms with E-state index in [1.165, 1.54) is 24.6 Å². The smallest absolute Gasteiger partial charge is 0.338 e. The highest BCUT2D eigenvalue weighted by Gasteiger charge is 2.39. The standard InChI is InChI=1S/C27H28ClN3O5/c1-3-36-27(35)18-10-8-14-21(16-18)31-25(33)22(28)23(26(31)34)29-19-11-7-9-17(15-19)24(32)30(2)20-12-5-4-6-13-20/h7-11,14-16,20,29H,3-6,12-13H2,1-2H3. The van der Waals surface area contributed by atoms with Gasteiger partial charge in [-0.25, -0.2) is 9.69 Å². The first-order chi connectivity index (χ1) is 17.3. The molecule has 0 saturated heterocycles. The Kier molecular flexibility index (Phi) is 7.74. The van der Waals surface area contributed by atoms with Crippen molar-refractivity contribution in [2.75, 3.05) is 23.9 Å². The zero-order valence-corrected chi connectivity index (χ0v) is 21.0. The molecule has 0 unspecified atom stereocenters. The molecule has 0 aromatic heterocycles. The van der Waals surface area contributed by atoms with Gasteiger partial charge in [0, 0.05) is 24.3 Å². The summed E-state index contributed by atoms with van der Waals surface area (Å²) in [5, 5.41) is 2.64. The van der Waals surface area contributed by atoms with Crippen LogP contribution in [0.1, 0.15) is 59.7 Å². The molecule has 3 amide bonds. The van der Waals surface area contributed by atoms with Crippen LogP contribution in [0.4, 0.5) is 11.4 Å². The van der Waals surface area contributed by atoms with E-state index in [-0.39, 0.29) is 40.5 Å². The molecule has 1 fully saturated rings. The third-order valence-electron chi connectivity index (χ3n) is 6.46. The first-order valence-corrected chi connectivity index (χ1v) is 12.4. The van der Waals surface area contributed by atoms with Gasteiger partial charge in [0.2, 0.25) is 0 Å². The average Bonchev–Trinajstić information content (AvgIpc) is 3.11. The number of imide groups is 1. The molecular weight excluding hydrogens is 482 g/mol. The van der Waals surface area contributed by atoms with E-state index in [1.54, 1.807) is 42.2 Å². The fraction of sp³-hybridized carbons (Fsp3) is 0.333. The van der Waals surface area contributed by atoms with Crippen LogP contribution in [0.25, 0.3) is 0 Å². The fourth-order valence-electron chi connectivity index (χ4n) is 4.54. The number of halogens is 1. The lowest BCUT2D eigenvalue weighted by atomic mass is 9.94. The Hall–Kier alpha value is -3.65. The summed E-state index contributed by atoms with van der Waals surface area (Å²) in [6.45, 7) is 1.89. The number of esters is 1. The number of rotatable bonds is 7. The van der Waals surface area contributed by atoms with Crippen LogP contribution in [0, 0.1) is 0 Å². The van der Waals surface area contributed by atoms with Gasteiger partial charge in [0.05, 0.1) is 17.9 Å². The number of benzene rings is 2. The van der Waals surface area contributed by atoms with Crippen LogP contribution >= 0.6 is 11.6 Å². The number of carbonyl (C=O) groups excluding carboxylic acids is 4. The predicted octanol–water partition coefficient (Wildman–Crippen LogP) is 4.70. The van der Waals surface area contributed by atoms with E-state index in [0.717, 1.165) is 30.6 Å². The van der Waals surface area contributed by atoms with Crippen molar-refractivity contribution in [1.82, 2.24) is 4.90 Å². The highest BCUT2D eigenvalue weighted by atomic mass is 35.5. The monoisotopic (exact) mass is 509 g/mol. The minimum Gasteiger partial charge on any atom is -0.462 e. The maximum absolute atomic E-state index is 13.2. The molecule has 2 aromatic carbocycles. The molecule has 2 aliphatic rings. The minimum atomic E-state index is -0.713. The van der Waals surface area contributed by atoms with Crippen LogP contribution in [0.15, 0.2) is 59.3 Å². The Morgan fingerprint density at radius 1 is 1.03 bits per heavy atom. The molecular formula is C27H28ClN3O5. The van der Waals surface area contributed by atoms with Crippen molar-refractivity contribution in [2.24, 2.45) is 0 Å². The Bertz CT molecular complexity index is 1240. The molecule has 0 bridgehead atoms. The molecule has 0 atom stereocenters. The largest absolute Gasteiger partial charge is 0.462 e. The van der Waals surface area contributed by atoms with Gasteiger partial charge >= 0.3 is 5.97 Å². The van der Waals surface area contributed by atoms with Crippen molar-refractivity contribution in [2.45, 2.75) is 45.1 Å². The van der Waals surface area contributed by atoms with Gasteiger partial charge in [0.1, 0.15) is 10.7 Å². The van der Waals surface area contributed by atoms with Gasteiger partial charge in [-0.2, -0.15) is 0 Å². The SMILES string of the molecule is CCOC(=O)c1cccc(N2C(=O)C(Cl)=C(Nc3cccc(C(=O)N(C)C4CCCCC4)c3)C2=O)c1. The van der Waals surface area contributed by atoms with E-state index in [4.69, 9.17) is 16.3 Å². The zero-order chi connectivity index (χ0) is 25.8. The van der Waals surface area contributed by atoms with Gasteiger partial charge in [-0.3, -0.25) is 14.4 Å². The van der Waals surface area contributed by atoms with E-state index < -0.39 is 17.8 Å². The molecule has 1 N–H and O–H groups in total. The van der Waals surface area contributed by atoms with Gasteiger partial charge in [-0.1, -0.05) is 43.0 Å². The van der Waals surface area contributed by atoms with Gasteiger partial charge < -0.3 is 15.0 Å². The van der Waals surface area contributed by atoms with Crippen molar-refractivity contribution >= 4 is 46.7 Å². The molecule has 1 aliphatic carbocycles. The van der Waals surface area contributed by atoms with Crippen molar-refractivity contribution in [3.8, 4) is 0 Å². The summed E-state index contributed by atoms with van der Waals surface area (Å²) in [6, 6.07) is 13.0. The number of ether oxygens (including phenoxy) is 1. The van der Waals surface area contributed by atoms with Crippen molar-refractivity contribution in [3.63, 3.8) is 0 Å². The molecule has 4 rings (SSSR count). The lowest BCUT2D eigenvalue weighted by Crippen LogP contribution is -2.38. The molecule has 1 heterocycles. The van der Waals surface area contributed by atoms with Gasteiger partial charge in [-0.05, 0) is 56.2 Å². The molecule has 188 valence electrons. The van der Waals surface area contributed by atoms with E-state index in [1.807, 2.05) is 7.05 Å². The fourth-order valence-corrected chi connectivity index (χ4v) is 4.76. The van der Waals surface area contributed by atoms with Crippen LogP contribution in [-0.2, 0) is 14.3 Å². The van der Waals surface area contributed by atoms with Crippen molar-refractivity contribution in [3.05, 3.63) is 70.4 Å². The molecule has 0 radical (unpaired) electrons. The van der Waals surface area contributed by atoms with Crippen LogP contribution < -0.4 is 10.2 Å². The summed E-state index contributed by atoms with van der Waals surface area (Å²) in [6.07, 6.45) is 5.42. The molecule has 1 saturated carbocycles. The maximum Gasteiger partial charge on any atom is 0.338 e. The second-order valence-corrected chi connectivity index (χ2v) is 9.20. The maximum atomic E-state index is 13.2. The Morgan fingerprint density at radius 2 is 1.72 bits per heavy atom. The summed E-state index contributed by atoms with van der Waals surface area (Å²) in [5.74, 6) is -2.04. The second kappa shape index (κ2) is 11.0. The first kappa shape index (κ1) is 25.4. The number of nitrogens with zero attached hydrogens (tertiary/aromatic N) is 2. The molecule has 8 nitrogen and oxygen atoms in total. The Labute approximate surface area is 214 Å². The van der Waals surface area contributed by atoms with Gasteiger partial charge in [-0.15, -0.1) is 0 Å². The summed E-state index contributed by atoms with van der Waals surface area (Å²) in [4.78, 5) is 53.9. The van der Waals surface area contributed by atoms with E-state index in [9.17, 15) is 19.2 Å². The third-order valence-corrected chi connectivity index (χ3v) is 6.82. The number of hydrogen-bond donors (Lipinski definition) is 1. The molecule has 0 spiro atoms. The van der Waals surface area contributed by atoms with E-state index in [2.05, 4.69) is 5.32 Å². The van der Waals surface area contributed by atoms with Crippen LogP contribution in [0.3, 0.4) is 0 Å². The topological polar surface area (TPSA) is 96.0 Å². The van der Waals surface area contributed by atoms with E-state index >= 15 is 0 Å². The summed E-state index contributed by atoms with van der Waals surface area (Å²) >= 11 is 6.26. The first-order valence-electron chi connectivity index (χ1n) is 12.0. The molecule has 36 heavy (non-hydrogen) atoms. The summed E-state index contributed by atoms with van der Waals surface area (Å²) in [5.41, 5.74) is 1.23. The molecule has 9 heteroatoms. The Balaban J connectivity index is 1.53. The number of hydrogen-bond acceptors (Lipinski definition) is 6. The number of nitrogens with one attached hydrogen (secondary N) is 1. The highest BCUT2D eigenvalue weighted by molar-refractivity contribution is 6.53. The lowest BCUT2D eigenvalue weighted by Gasteiger charge is -2.31. The summed E-state index contributed by atoms with van der Waals surface area (Å²) < 4.78 is 5.00. The molecule has 2 aromatic rings. The predicted molar refractivity (Wildman–Crippen MR) is 137 cm³/mol. The number of amides is 3.